The van der Waals surface area contributed by atoms with Gasteiger partial charge < -0.3 is 10.8 Å². The summed E-state index contributed by atoms with van der Waals surface area (Å²) in [6.07, 6.45) is 3.42. The highest BCUT2D eigenvalue weighted by molar-refractivity contribution is 5.91. The fourth-order valence-electron chi connectivity index (χ4n) is 1.59. The lowest BCUT2D eigenvalue weighted by Crippen LogP contribution is -2.14. The van der Waals surface area contributed by atoms with Gasteiger partial charge in [0, 0.05) is 11.6 Å². The van der Waals surface area contributed by atoms with Crippen LogP contribution in [0.25, 0.3) is 0 Å². The highest BCUT2D eigenvalue weighted by atomic mass is 16.4. The summed E-state index contributed by atoms with van der Waals surface area (Å²) in [4.78, 5) is 14.8. The number of nitrogen functional groups attached to an aromatic ring is 1. The Hall–Kier alpha value is -1.58. The predicted molar refractivity (Wildman–Crippen MR) is 52.2 cm³/mol. The summed E-state index contributed by atoms with van der Waals surface area (Å²) in [5.74, 6) is -0.614. The van der Waals surface area contributed by atoms with Gasteiger partial charge >= 0.3 is 5.97 Å². The lowest BCUT2D eigenvalue weighted by Gasteiger charge is -2.24. The third kappa shape index (κ3) is 1.43. The van der Waals surface area contributed by atoms with Gasteiger partial charge in [0.05, 0.1) is 5.69 Å². The molecule has 74 valence electrons. The van der Waals surface area contributed by atoms with Crippen molar-refractivity contribution in [2.75, 3.05) is 5.73 Å². The monoisotopic (exact) mass is 192 g/mol. The summed E-state index contributed by atoms with van der Waals surface area (Å²) in [6, 6.07) is 3.45. The minimum absolute atomic E-state index is 0.0191. The van der Waals surface area contributed by atoms with Gasteiger partial charge in [-0.15, -0.1) is 0 Å². The quantitative estimate of drug-likeness (QED) is 0.746. The largest absolute Gasteiger partial charge is 0.476 e. The Kier molecular flexibility index (Phi) is 2.11. The molecule has 4 nitrogen and oxygen atoms in total. The van der Waals surface area contributed by atoms with E-state index in [-0.39, 0.29) is 11.4 Å². The molecule has 1 aliphatic carbocycles. The van der Waals surface area contributed by atoms with E-state index in [9.17, 15) is 4.79 Å². The second-order valence-electron chi connectivity index (χ2n) is 3.61. The van der Waals surface area contributed by atoms with E-state index in [0.717, 1.165) is 18.5 Å². The van der Waals surface area contributed by atoms with Gasteiger partial charge in [-0.1, -0.05) is 6.42 Å². The normalized spacial score (nSPS) is 16.3. The fourth-order valence-corrected chi connectivity index (χ4v) is 1.59. The van der Waals surface area contributed by atoms with Crippen molar-refractivity contribution in [1.82, 2.24) is 4.98 Å². The number of hydrogen-bond donors (Lipinski definition) is 2. The van der Waals surface area contributed by atoms with Gasteiger partial charge in [0.2, 0.25) is 0 Å². The molecule has 1 saturated carbocycles. The van der Waals surface area contributed by atoms with Crippen molar-refractivity contribution in [2.45, 2.75) is 25.2 Å². The minimum atomic E-state index is -1.05. The number of aromatic nitrogens is 1. The Balaban J connectivity index is 2.34. The first-order valence-corrected chi connectivity index (χ1v) is 4.68. The molecule has 0 saturated heterocycles. The van der Waals surface area contributed by atoms with Crippen molar-refractivity contribution in [3.63, 3.8) is 0 Å². The third-order valence-corrected chi connectivity index (χ3v) is 2.67. The molecule has 4 heteroatoms. The van der Waals surface area contributed by atoms with Crippen LogP contribution >= 0.6 is 0 Å². The van der Waals surface area contributed by atoms with Gasteiger partial charge in [-0.05, 0) is 25.0 Å². The van der Waals surface area contributed by atoms with Crippen LogP contribution in [0.5, 0.6) is 0 Å². The van der Waals surface area contributed by atoms with Crippen LogP contribution in [0.2, 0.25) is 0 Å². The highest BCUT2D eigenvalue weighted by Gasteiger charge is 2.22. The molecular formula is C10H12N2O2. The smallest absolute Gasteiger partial charge is 0.356 e. The Bertz CT molecular complexity index is 372. The van der Waals surface area contributed by atoms with Crippen LogP contribution in [0.15, 0.2) is 12.1 Å². The molecule has 0 aliphatic heterocycles. The number of hydrogen-bond acceptors (Lipinski definition) is 3. The van der Waals surface area contributed by atoms with Gasteiger partial charge in [0.1, 0.15) is 0 Å². The highest BCUT2D eigenvalue weighted by Crippen LogP contribution is 2.35. The zero-order chi connectivity index (χ0) is 10.1. The van der Waals surface area contributed by atoms with Gasteiger partial charge in [-0.2, -0.15) is 0 Å². The van der Waals surface area contributed by atoms with Crippen LogP contribution in [-0.2, 0) is 0 Å². The maximum absolute atomic E-state index is 10.8. The van der Waals surface area contributed by atoms with Gasteiger partial charge in [0.25, 0.3) is 0 Å². The number of nitrogens with two attached hydrogens (primary N) is 1. The number of anilines is 1. The van der Waals surface area contributed by atoms with E-state index in [1.54, 1.807) is 6.07 Å². The van der Waals surface area contributed by atoms with E-state index in [1.807, 2.05) is 6.07 Å². The van der Waals surface area contributed by atoms with Crippen LogP contribution in [0.3, 0.4) is 0 Å². The van der Waals surface area contributed by atoms with Crippen molar-refractivity contribution in [1.29, 1.82) is 0 Å². The lowest BCUT2D eigenvalue weighted by atomic mass is 9.82. The van der Waals surface area contributed by atoms with Gasteiger partial charge in [0.15, 0.2) is 5.69 Å². The molecule has 0 spiro atoms. The second-order valence-corrected chi connectivity index (χ2v) is 3.61. The standard InChI is InChI=1S/C10H12N2O2/c11-7-4-5-8(6-2-1-3-6)12-9(7)10(13)14/h4-6H,1-3,11H2,(H,13,14). The van der Waals surface area contributed by atoms with Crippen molar-refractivity contribution in [3.05, 3.63) is 23.5 Å². The average Bonchev–Trinajstić information content (AvgIpc) is 2.04. The number of carboxylic acids is 1. The molecule has 2 rings (SSSR count). The summed E-state index contributed by atoms with van der Waals surface area (Å²) in [6.45, 7) is 0. The van der Waals surface area contributed by atoms with Gasteiger partial charge in [-0.25, -0.2) is 9.78 Å². The molecule has 3 N–H and O–H groups in total. The summed E-state index contributed by atoms with van der Waals surface area (Å²) in [5, 5.41) is 8.82. The van der Waals surface area contributed by atoms with Crippen LogP contribution in [0, 0.1) is 0 Å². The van der Waals surface area contributed by atoms with E-state index < -0.39 is 5.97 Å². The third-order valence-electron chi connectivity index (χ3n) is 2.67. The molecule has 0 bridgehead atoms. The molecule has 0 unspecified atom stereocenters. The number of carboxylic acid groups (broad SMARTS) is 1. The Morgan fingerprint density at radius 1 is 1.50 bits per heavy atom. The van der Waals surface area contributed by atoms with Gasteiger partial charge in [-0.3, -0.25) is 0 Å². The van der Waals surface area contributed by atoms with Crippen molar-refractivity contribution < 1.29 is 9.90 Å². The number of aromatic carboxylic acids is 1. The van der Waals surface area contributed by atoms with Crippen LogP contribution in [0.1, 0.15) is 41.4 Å². The molecule has 0 amide bonds. The number of rotatable bonds is 2. The molecule has 0 atom stereocenters. The SMILES string of the molecule is Nc1ccc(C2CCC2)nc1C(=O)O. The Morgan fingerprint density at radius 3 is 2.71 bits per heavy atom. The number of carbonyl (C=O) groups is 1. The maximum Gasteiger partial charge on any atom is 0.356 e. The molecule has 1 heterocycles. The lowest BCUT2D eigenvalue weighted by molar-refractivity contribution is 0.0691. The first kappa shape index (κ1) is 8.99. The van der Waals surface area contributed by atoms with E-state index in [2.05, 4.69) is 4.98 Å². The first-order chi connectivity index (χ1) is 6.68. The van der Waals surface area contributed by atoms with Crippen molar-refractivity contribution in [2.24, 2.45) is 0 Å². The summed E-state index contributed by atoms with van der Waals surface area (Å²) >= 11 is 0. The van der Waals surface area contributed by atoms with Crippen LogP contribution in [0.4, 0.5) is 5.69 Å². The Labute approximate surface area is 81.8 Å². The molecule has 1 fully saturated rings. The van der Waals surface area contributed by atoms with E-state index in [4.69, 9.17) is 10.8 Å². The second kappa shape index (κ2) is 3.29. The Morgan fingerprint density at radius 2 is 2.21 bits per heavy atom. The van der Waals surface area contributed by atoms with E-state index in [1.165, 1.54) is 6.42 Å². The molecule has 14 heavy (non-hydrogen) atoms. The molecule has 1 aromatic rings. The fraction of sp³-hybridized carbons (Fsp3) is 0.400. The van der Waals surface area contributed by atoms with Crippen molar-refractivity contribution in [3.8, 4) is 0 Å². The predicted octanol–water partition coefficient (Wildman–Crippen LogP) is 1.63. The maximum atomic E-state index is 10.8. The van der Waals surface area contributed by atoms with Crippen LogP contribution in [-0.4, -0.2) is 16.1 Å². The zero-order valence-electron chi connectivity index (χ0n) is 7.73. The van der Waals surface area contributed by atoms with Crippen LogP contribution < -0.4 is 5.73 Å². The summed E-state index contributed by atoms with van der Waals surface area (Å²) in [7, 11) is 0. The topological polar surface area (TPSA) is 76.2 Å². The molecule has 1 aromatic heterocycles. The summed E-state index contributed by atoms with van der Waals surface area (Å²) < 4.78 is 0. The molecular weight excluding hydrogens is 180 g/mol. The number of nitrogens with zero attached hydrogens (tertiary/aromatic N) is 1. The minimum Gasteiger partial charge on any atom is -0.476 e. The molecule has 1 aliphatic rings. The first-order valence-electron chi connectivity index (χ1n) is 4.68. The van der Waals surface area contributed by atoms with E-state index in [0.29, 0.717) is 5.92 Å². The number of pyridine rings is 1. The zero-order valence-corrected chi connectivity index (χ0v) is 7.73. The van der Waals surface area contributed by atoms with Crippen molar-refractivity contribution >= 4 is 11.7 Å². The molecule has 0 aromatic carbocycles. The summed E-state index contributed by atoms with van der Waals surface area (Å²) in [5.41, 5.74) is 6.59. The molecule has 0 radical (unpaired) electrons. The van der Waals surface area contributed by atoms with E-state index >= 15 is 0 Å². The average molecular weight is 192 g/mol.